The maximum Gasteiger partial charge on any atom is 0.471 e. The van der Waals surface area contributed by atoms with Crippen molar-refractivity contribution < 1.29 is 41.8 Å². The van der Waals surface area contributed by atoms with Crippen LogP contribution in [-0.2, 0) is 14.3 Å². The van der Waals surface area contributed by atoms with Crippen molar-refractivity contribution in [1.82, 2.24) is 10.2 Å². The molecule has 0 bridgehead atoms. The maximum absolute atomic E-state index is 12.9. The van der Waals surface area contributed by atoms with Crippen LogP contribution in [0.1, 0.15) is 86.9 Å². The standard InChI is InChI=1S/C31H37F3N2O6/c1-19(35-28(38)31(32,33)34)26(22-11-9-21(10-12-22)20-7-8-20)40-24-15-13-23(14-16-24)27(37)41-25-6-5-17-36(18-25)29(39)42-30(2,3)4/h9-16,19-20,25-26H,5-8,17-18H2,1-4H3,(H,35,38)/t19?,25-,26-/m0/s1. The summed E-state index contributed by atoms with van der Waals surface area (Å²) in [7, 11) is 0. The number of rotatable bonds is 8. The van der Waals surface area contributed by atoms with Gasteiger partial charge in [0.25, 0.3) is 0 Å². The van der Waals surface area contributed by atoms with Crippen LogP contribution in [0.25, 0.3) is 0 Å². The second-order valence-corrected chi connectivity index (χ2v) is 11.9. The number of nitrogens with zero attached hydrogens (tertiary/aromatic N) is 1. The number of esters is 1. The molecule has 1 heterocycles. The summed E-state index contributed by atoms with van der Waals surface area (Å²) in [5, 5.41) is 1.99. The summed E-state index contributed by atoms with van der Waals surface area (Å²) >= 11 is 0. The van der Waals surface area contributed by atoms with Crippen LogP contribution in [0.3, 0.4) is 0 Å². The first-order chi connectivity index (χ1) is 19.7. The summed E-state index contributed by atoms with van der Waals surface area (Å²) in [6, 6.07) is 12.5. The monoisotopic (exact) mass is 590 g/mol. The third kappa shape index (κ3) is 8.62. The largest absolute Gasteiger partial charge is 0.484 e. The van der Waals surface area contributed by atoms with Gasteiger partial charge in [0.2, 0.25) is 0 Å². The number of carbonyl (C=O) groups is 3. The molecular formula is C31H37F3N2O6. The minimum absolute atomic E-state index is 0.227. The van der Waals surface area contributed by atoms with Gasteiger partial charge in [0.05, 0.1) is 18.2 Å². The molecule has 3 atom stereocenters. The van der Waals surface area contributed by atoms with Crippen molar-refractivity contribution in [2.24, 2.45) is 0 Å². The van der Waals surface area contributed by atoms with Crippen LogP contribution < -0.4 is 10.1 Å². The zero-order valence-corrected chi connectivity index (χ0v) is 24.2. The lowest BCUT2D eigenvalue weighted by molar-refractivity contribution is -0.174. The summed E-state index contributed by atoms with van der Waals surface area (Å²) in [6.07, 6.45) is -3.42. The molecule has 4 rings (SSSR count). The van der Waals surface area contributed by atoms with E-state index in [9.17, 15) is 27.6 Å². The highest BCUT2D eigenvalue weighted by atomic mass is 19.4. The van der Waals surface area contributed by atoms with E-state index in [0.29, 0.717) is 36.6 Å². The Bertz CT molecular complexity index is 1250. The number of alkyl halides is 3. The molecule has 2 fully saturated rings. The normalized spacial score (nSPS) is 18.9. The van der Waals surface area contributed by atoms with Crippen molar-refractivity contribution in [2.45, 2.75) is 89.3 Å². The van der Waals surface area contributed by atoms with Crippen molar-refractivity contribution in [3.8, 4) is 5.75 Å². The van der Waals surface area contributed by atoms with Crippen LogP contribution in [-0.4, -0.2) is 59.9 Å². The highest BCUT2D eigenvalue weighted by molar-refractivity contribution is 5.89. The smallest absolute Gasteiger partial charge is 0.471 e. The molecule has 1 aliphatic carbocycles. The van der Waals surface area contributed by atoms with E-state index in [-0.39, 0.29) is 12.1 Å². The molecule has 0 aromatic heterocycles. The van der Waals surface area contributed by atoms with E-state index in [0.717, 1.165) is 18.4 Å². The number of amides is 2. The lowest BCUT2D eigenvalue weighted by Gasteiger charge is -2.33. The molecule has 1 N–H and O–H groups in total. The molecule has 1 aliphatic heterocycles. The van der Waals surface area contributed by atoms with Gasteiger partial charge in [0.1, 0.15) is 23.6 Å². The average molecular weight is 591 g/mol. The Hall–Kier alpha value is -3.76. The molecular weight excluding hydrogens is 553 g/mol. The van der Waals surface area contributed by atoms with Crippen molar-refractivity contribution in [3.05, 3.63) is 65.2 Å². The number of halogens is 3. The van der Waals surface area contributed by atoms with E-state index in [1.165, 1.54) is 36.1 Å². The Morgan fingerprint density at radius 3 is 2.17 bits per heavy atom. The summed E-state index contributed by atoms with van der Waals surface area (Å²) in [5.74, 6) is -1.83. The van der Waals surface area contributed by atoms with Crippen LogP contribution in [0.2, 0.25) is 0 Å². The van der Waals surface area contributed by atoms with Crippen LogP contribution in [0, 0.1) is 0 Å². The second-order valence-electron chi connectivity index (χ2n) is 11.9. The number of hydrogen-bond acceptors (Lipinski definition) is 6. The molecule has 42 heavy (non-hydrogen) atoms. The summed E-state index contributed by atoms with van der Waals surface area (Å²) in [6.45, 7) is 7.54. The Morgan fingerprint density at radius 1 is 0.952 bits per heavy atom. The summed E-state index contributed by atoms with van der Waals surface area (Å²) in [4.78, 5) is 38.4. The predicted molar refractivity (Wildman–Crippen MR) is 148 cm³/mol. The molecule has 2 aliphatic rings. The van der Waals surface area contributed by atoms with Crippen molar-refractivity contribution in [1.29, 1.82) is 0 Å². The van der Waals surface area contributed by atoms with Gasteiger partial charge in [0, 0.05) is 6.54 Å². The van der Waals surface area contributed by atoms with E-state index >= 15 is 0 Å². The van der Waals surface area contributed by atoms with Crippen LogP contribution in [0.4, 0.5) is 18.0 Å². The molecule has 2 amide bonds. The summed E-state index contributed by atoms with van der Waals surface area (Å²) in [5.41, 5.74) is 1.37. The molecule has 228 valence electrons. The number of nitrogens with one attached hydrogen (secondary N) is 1. The van der Waals surface area contributed by atoms with Crippen molar-refractivity contribution >= 4 is 18.0 Å². The number of carbonyl (C=O) groups excluding carboxylic acids is 3. The fourth-order valence-electron chi connectivity index (χ4n) is 4.76. The first kappa shape index (κ1) is 31.2. The minimum atomic E-state index is -5.03. The van der Waals surface area contributed by atoms with E-state index in [1.807, 2.05) is 17.4 Å². The molecule has 8 nitrogen and oxygen atoms in total. The van der Waals surface area contributed by atoms with Crippen LogP contribution >= 0.6 is 0 Å². The zero-order valence-electron chi connectivity index (χ0n) is 24.2. The van der Waals surface area contributed by atoms with Crippen LogP contribution in [0.15, 0.2) is 48.5 Å². The van der Waals surface area contributed by atoms with E-state index in [2.05, 4.69) is 0 Å². The first-order valence-corrected chi connectivity index (χ1v) is 14.1. The van der Waals surface area contributed by atoms with E-state index in [4.69, 9.17) is 14.2 Å². The van der Waals surface area contributed by atoms with E-state index < -0.39 is 48.0 Å². The van der Waals surface area contributed by atoms with Gasteiger partial charge in [-0.2, -0.15) is 13.2 Å². The number of hydrogen-bond donors (Lipinski definition) is 1. The molecule has 0 radical (unpaired) electrons. The van der Waals surface area contributed by atoms with Gasteiger partial charge in [-0.15, -0.1) is 0 Å². The van der Waals surface area contributed by atoms with Crippen molar-refractivity contribution in [3.63, 3.8) is 0 Å². The van der Waals surface area contributed by atoms with Gasteiger partial charge in [-0.25, -0.2) is 9.59 Å². The van der Waals surface area contributed by atoms with Gasteiger partial charge >= 0.3 is 24.1 Å². The van der Waals surface area contributed by atoms with Gasteiger partial charge in [-0.3, -0.25) is 4.79 Å². The molecule has 11 heteroatoms. The summed E-state index contributed by atoms with van der Waals surface area (Å²) < 4.78 is 56.0. The molecule has 2 aromatic carbocycles. The SMILES string of the molecule is CC(NC(=O)C(F)(F)F)[C@H](Oc1ccc(C(=O)O[C@H]2CCCN(C(=O)OC(C)(C)C)C2)cc1)c1ccc(C2CC2)cc1. The van der Waals surface area contributed by atoms with Gasteiger partial charge in [-0.1, -0.05) is 24.3 Å². The number of ether oxygens (including phenoxy) is 3. The third-order valence-electron chi connectivity index (χ3n) is 7.04. The average Bonchev–Trinajstić information content (AvgIpc) is 3.76. The molecule has 0 spiro atoms. The fraction of sp³-hybridized carbons (Fsp3) is 0.516. The Kier molecular flexibility index (Phi) is 9.37. The Labute approximate surface area is 243 Å². The number of piperidine rings is 1. The Morgan fingerprint density at radius 2 is 1.60 bits per heavy atom. The molecule has 1 saturated heterocycles. The van der Waals surface area contributed by atoms with Gasteiger partial charge < -0.3 is 24.4 Å². The maximum atomic E-state index is 12.9. The molecule has 1 unspecified atom stereocenters. The third-order valence-corrected chi connectivity index (χ3v) is 7.04. The second kappa shape index (κ2) is 12.6. The lowest BCUT2D eigenvalue weighted by atomic mass is 10.00. The minimum Gasteiger partial charge on any atom is -0.484 e. The lowest BCUT2D eigenvalue weighted by Crippen LogP contribution is -2.45. The number of benzene rings is 2. The quantitative estimate of drug-likeness (QED) is 0.363. The number of likely N-dealkylation sites (tertiary alicyclic amines) is 1. The van der Waals surface area contributed by atoms with Crippen LogP contribution in [0.5, 0.6) is 5.75 Å². The predicted octanol–water partition coefficient (Wildman–Crippen LogP) is 6.31. The van der Waals surface area contributed by atoms with Crippen molar-refractivity contribution in [2.75, 3.05) is 13.1 Å². The zero-order chi connectivity index (χ0) is 30.7. The highest BCUT2D eigenvalue weighted by Crippen LogP contribution is 2.40. The van der Waals surface area contributed by atoms with Gasteiger partial charge in [-0.05, 0) is 94.7 Å². The van der Waals surface area contributed by atoms with Gasteiger partial charge in [0.15, 0.2) is 0 Å². The van der Waals surface area contributed by atoms with E-state index in [1.54, 1.807) is 32.9 Å². The fourth-order valence-corrected chi connectivity index (χ4v) is 4.76. The topological polar surface area (TPSA) is 94.2 Å². The highest BCUT2D eigenvalue weighted by Gasteiger charge is 2.40. The molecule has 1 saturated carbocycles. The Balaban J connectivity index is 1.41. The molecule has 2 aromatic rings. The first-order valence-electron chi connectivity index (χ1n) is 14.1.